The molecule has 0 aliphatic carbocycles. The molecule has 1 rings (SSSR count). The number of rotatable bonds is 6. The fourth-order valence-corrected chi connectivity index (χ4v) is 1.78. The molecule has 0 radical (unpaired) electrons. The fourth-order valence-electron chi connectivity index (χ4n) is 1.78. The molecule has 0 bridgehead atoms. The van der Waals surface area contributed by atoms with Crippen molar-refractivity contribution in [3.8, 4) is 0 Å². The zero-order valence-electron chi connectivity index (χ0n) is 10.6. The number of nitrogens with zero attached hydrogens (tertiary/aromatic N) is 1. The van der Waals surface area contributed by atoms with Crippen LogP contribution in [0.1, 0.15) is 12.0 Å². The molecule has 1 unspecified atom stereocenters. The molecule has 0 spiro atoms. The Hall–Kier alpha value is -1.00. The molecule has 1 atom stereocenters. The van der Waals surface area contributed by atoms with Gasteiger partial charge in [0.1, 0.15) is 11.6 Å². The van der Waals surface area contributed by atoms with Crippen LogP contribution in [-0.4, -0.2) is 38.6 Å². The molecular weight excluding hydrogens is 222 g/mol. The maximum atomic E-state index is 13.0. The molecule has 1 aromatic carbocycles. The smallest absolute Gasteiger partial charge is 0.126 e. The summed E-state index contributed by atoms with van der Waals surface area (Å²) in [6.45, 7) is 0.948. The molecule has 0 saturated heterocycles. The van der Waals surface area contributed by atoms with E-state index < -0.39 is 11.6 Å². The minimum atomic E-state index is -0.512. The van der Waals surface area contributed by atoms with Crippen molar-refractivity contribution in [2.24, 2.45) is 0 Å². The van der Waals surface area contributed by atoms with E-state index in [1.807, 2.05) is 21.1 Å². The van der Waals surface area contributed by atoms with E-state index in [9.17, 15) is 8.78 Å². The van der Waals surface area contributed by atoms with E-state index >= 15 is 0 Å². The summed E-state index contributed by atoms with van der Waals surface area (Å²) in [6, 6.07) is 3.92. The van der Waals surface area contributed by atoms with Crippen LogP contribution < -0.4 is 5.32 Å². The number of nitrogens with one attached hydrogen (secondary N) is 1. The Morgan fingerprint density at radius 2 is 1.76 bits per heavy atom. The van der Waals surface area contributed by atoms with Crippen molar-refractivity contribution in [1.29, 1.82) is 0 Å². The lowest BCUT2D eigenvalue weighted by Gasteiger charge is -2.18. The quantitative estimate of drug-likeness (QED) is 0.821. The molecule has 1 N–H and O–H groups in total. The summed E-state index contributed by atoms with van der Waals surface area (Å²) in [5.74, 6) is -1.02. The molecule has 0 amide bonds. The molecule has 1 aromatic rings. The largest absolute Gasteiger partial charge is 0.317 e. The van der Waals surface area contributed by atoms with Crippen molar-refractivity contribution in [2.45, 2.75) is 18.9 Å². The van der Waals surface area contributed by atoms with Crippen LogP contribution in [0.2, 0.25) is 0 Å². The summed E-state index contributed by atoms with van der Waals surface area (Å²) < 4.78 is 26.1. The Kier molecular flexibility index (Phi) is 5.51. The Balaban J connectivity index is 2.60. The van der Waals surface area contributed by atoms with Crippen LogP contribution in [0, 0.1) is 11.6 Å². The molecule has 17 heavy (non-hydrogen) atoms. The second kappa shape index (κ2) is 6.67. The lowest BCUT2D eigenvalue weighted by atomic mass is 10.0. The minimum absolute atomic E-state index is 0.235. The van der Waals surface area contributed by atoms with E-state index in [1.54, 1.807) is 0 Å². The first-order valence-corrected chi connectivity index (χ1v) is 5.78. The molecule has 96 valence electrons. The monoisotopic (exact) mass is 242 g/mol. The van der Waals surface area contributed by atoms with Gasteiger partial charge in [0.25, 0.3) is 0 Å². The third-order valence-electron chi connectivity index (χ3n) is 2.74. The van der Waals surface area contributed by atoms with Crippen molar-refractivity contribution in [2.75, 3.05) is 27.7 Å². The highest BCUT2D eigenvalue weighted by Gasteiger charge is 2.09. The van der Waals surface area contributed by atoms with Crippen molar-refractivity contribution in [3.05, 3.63) is 35.4 Å². The van der Waals surface area contributed by atoms with E-state index in [0.717, 1.165) is 19.0 Å². The normalized spacial score (nSPS) is 13.1. The summed E-state index contributed by atoms with van der Waals surface area (Å²) in [7, 11) is 5.89. The number of hydrogen-bond acceptors (Lipinski definition) is 2. The van der Waals surface area contributed by atoms with Gasteiger partial charge in [-0.2, -0.15) is 0 Å². The summed E-state index contributed by atoms with van der Waals surface area (Å²) >= 11 is 0. The highest BCUT2D eigenvalue weighted by molar-refractivity contribution is 5.18. The van der Waals surface area contributed by atoms with Gasteiger partial charge in [0, 0.05) is 12.1 Å². The van der Waals surface area contributed by atoms with Crippen LogP contribution in [0.4, 0.5) is 8.78 Å². The van der Waals surface area contributed by atoms with Gasteiger partial charge in [0.15, 0.2) is 0 Å². The molecule has 0 aliphatic heterocycles. The van der Waals surface area contributed by atoms with Gasteiger partial charge in [-0.15, -0.1) is 0 Å². The molecular formula is C13H20F2N2. The van der Waals surface area contributed by atoms with E-state index in [4.69, 9.17) is 0 Å². The van der Waals surface area contributed by atoms with Gasteiger partial charge in [-0.05, 0) is 58.2 Å². The van der Waals surface area contributed by atoms with Gasteiger partial charge in [-0.1, -0.05) is 0 Å². The van der Waals surface area contributed by atoms with E-state index in [0.29, 0.717) is 12.0 Å². The van der Waals surface area contributed by atoms with Gasteiger partial charge in [-0.25, -0.2) is 8.78 Å². The summed E-state index contributed by atoms with van der Waals surface area (Å²) in [5, 5.41) is 3.17. The molecule has 4 heteroatoms. The van der Waals surface area contributed by atoms with Crippen molar-refractivity contribution in [1.82, 2.24) is 10.2 Å². The lowest BCUT2D eigenvalue weighted by Crippen LogP contribution is -2.31. The van der Waals surface area contributed by atoms with Crippen LogP contribution in [0.15, 0.2) is 18.2 Å². The highest BCUT2D eigenvalue weighted by atomic mass is 19.1. The van der Waals surface area contributed by atoms with Gasteiger partial charge in [0.05, 0.1) is 0 Å². The Bertz CT molecular complexity index is 333. The van der Waals surface area contributed by atoms with Gasteiger partial charge >= 0.3 is 0 Å². The maximum absolute atomic E-state index is 13.0. The number of benzene rings is 1. The lowest BCUT2D eigenvalue weighted by molar-refractivity contribution is 0.364. The summed E-state index contributed by atoms with van der Waals surface area (Å²) in [5.41, 5.74) is 0.695. The van der Waals surface area contributed by atoms with E-state index in [1.165, 1.54) is 12.1 Å². The molecule has 0 aromatic heterocycles. The number of halogens is 2. The molecule has 0 heterocycles. The topological polar surface area (TPSA) is 15.3 Å². The Labute approximate surface area is 102 Å². The maximum Gasteiger partial charge on any atom is 0.126 e. The van der Waals surface area contributed by atoms with Gasteiger partial charge in [-0.3, -0.25) is 0 Å². The first kappa shape index (κ1) is 14.1. The molecule has 2 nitrogen and oxygen atoms in total. The van der Waals surface area contributed by atoms with Gasteiger partial charge in [0.2, 0.25) is 0 Å². The average molecular weight is 242 g/mol. The highest BCUT2D eigenvalue weighted by Crippen LogP contribution is 2.11. The van der Waals surface area contributed by atoms with E-state index in [-0.39, 0.29) is 6.04 Å². The predicted octanol–water partition coefficient (Wildman–Crippen LogP) is 2.05. The minimum Gasteiger partial charge on any atom is -0.317 e. The number of hydrogen-bond donors (Lipinski definition) is 1. The zero-order valence-corrected chi connectivity index (χ0v) is 10.6. The average Bonchev–Trinajstić information content (AvgIpc) is 2.22. The third-order valence-corrected chi connectivity index (χ3v) is 2.74. The van der Waals surface area contributed by atoms with Crippen LogP contribution in [0.25, 0.3) is 0 Å². The zero-order chi connectivity index (χ0) is 12.8. The van der Waals surface area contributed by atoms with Crippen molar-refractivity contribution in [3.63, 3.8) is 0 Å². The van der Waals surface area contributed by atoms with Crippen molar-refractivity contribution < 1.29 is 8.78 Å². The van der Waals surface area contributed by atoms with E-state index in [2.05, 4.69) is 10.2 Å². The molecule has 0 saturated carbocycles. The fraction of sp³-hybridized carbons (Fsp3) is 0.538. The van der Waals surface area contributed by atoms with Gasteiger partial charge < -0.3 is 10.2 Å². The predicted molar refractivity (Wildman–Crippen MR) is 66.1 cm³/mol. The SMILES string of the molecule is CNC(CCN(C)C)Cc1cc(F)cc(F)c1. The van der Waals surface area contributed by atoms with Crippen LogP contribution in [-0.2, 0) is 6.42 Å². The Morgan fingerprint density at radius 3 is 2.24 bits per heavy atom. The van der Waals surface area contributed by atoms with Crippen LogP contribution in [0.3, 0.4) is 0 Å². The third kappa shape index (κ3) is 5.24. The van der Waals surface area contributed by atoms with Crippen LogP contribution in [0.5, 0.6) is 0 Å². The Morgan fingerprint density at radius 1 is 1.18 bits per heavy atom. The van der Waals surface area contributed by atoms with Crippen molar-refractivity contribution >= 4 is 0 Å². The standard InChI is InChI=1S/C13H20F2N2/c1-16-13(4-5-17(2)3)8-10-6-11(14)9-12(15)7-10/h6-7,9,13,16H,4-5,8H2,1-3H3. The molecule has 0 aliphatic rings. The second-order valence-corrected chi connectivity index (χ2v) is 4.56. The first-order chi connectivity index (χ1) is 8.01. The summed E-state index contributed by atoms with van der Waals surface area (Å²) in [6.07, 6.45) is 1.58. The summed E-state index contributed by atoms with van der Waals surface area (Å²) in [4.78, 5) is 2.09. The van der Waals surface area contributed by atoms with Crippen LogP contribution >= 0.6 is 0 Å². The second-order valence-electron chi connectivity index (χ2n) is 4.56. The number of likely N-dealkylation sites (N-methyl/N-ethyl adjacent to an activating group) is 1. The first-order valence-electron chi connectivity index (χ1n) is 5.78. The molecule has 0 fully saturated rings.